The van der Waals surface area contributed by atoms with Crippen molar-refractivity contribution in [3.63, 3.8) is 0 Å². The van der Waals surface area contributed by atoms with Crippen molar-refractivity contribution in [1.82, 2.24) is 15.1 Å². The number of amides is 3. The van der Waals surface area contributed by atoms with Gasteiger partial charge in [-0.15, -0.1) is 0 Å². The minimum atomic E-state index is -0.857. The fourth-order valence-electron chi connectivity index (χ4n) is 2.49. The fourth-order valence-corrected chi connectivity index (χ4v) is 2.49. The highest BCUT2D eigenvalue weighted by Gasteiger charge is 2.27. The standard InChI is InChI=1S/C14H25N3O4/c1-3-16(4-2)12(18)7-8-15-14(21)17-9-5-6-11(10-17)13(19)20/h11H,3-10H2,1-2H3,(H,15,21)(H,19,20)/t11-/m0/s1. The van der Waals surface area contributed by atoms with E-state index in [0.29, 0.717) is 32.5 Å². The van der Waals surface area contributed by atoms with Gasteiger partial charge in [0.1, 0.15) is 0 Å². The van der Waals surface area contributed by atoms with Crippen molar-refractivity contribution < 1.29 is 19.5 Å². The number of piperidine rings is 1. The zero-order chi connectivity index (χ0) is 15.8. The zero-order valence-corrected chi connectivity index (χ0v) is 12.8. The number of rotatable bonds is 6. The van der Waals surface area contributed by atoms with E-state index in [0.717, 1.165) is 0 Å². The van der Waals surface area contributed by atoms with E-state index in [2.05, 4.69) is 5.32 Å². The van der Waals surface area contributed by atoms with Crippen molar-refractivity contribution in [2.45, 2.75) is 33.1 Å². The molecular weight excluding hydrogens is 274 g/mol. The summed E-state index contributed by atoms with van der Waals surface area (Å²) < 4.78 is 0. The third-order valence-corrected chi connectivity index (χ3v) is 3.79. The summed E-state index contributed by atoms with van der Waals surface area (Å²) in [7, 11) is 0. The summed E-state index contributed by atoms with van der Waals surface area (Å²) in [6, 6.07) is -0.284. The summed E-state index contributed by atoms with van der Waals surface area (Å²) in [6.07, 6.45) is 1.58. The van der Waals surface area contributed by atoms with Crippen LogP contribution >= 0.6 is 0 Å². The maximum Gasteiger partial charge on any atom is 0.317 e. The molecule has 0 aromatic rings. The van der Waals surface area contributed by atoms with Gasteiger partial charge in [-0.1, -0.05) is 0 Å². The summed E-state index contributed by atoms with van der Waals surface area (Å²) in [6.45, 7) is 6.25. The summed E-state index contributed by atoms with van der Waals surface area (Å²) in [5.74, 6) is -1.33. The highest BCUT2D eigenvalue weighted by atomic mass is 16.4. The molecule has 7 nitrogen and oxygen atoms in total. The van der Waals surface area contributed by atoms with Crippen molar-refractivity contribution in [2.24, 2.45) is 5.92 Å². The Labute approximate surface area is 125 Å². The second-order valence-electron chi connectivity index (χ2n) is 5.17. The zero-order valence-electron chi connectivity index (χ0n) is 12.8. The van der Waals surface area contributed by atoms with Crippen LogP contribution in [0.5, 0.6) is 0 Å². The third-order valence-electron chi connectivity index (χ3n) is 3.79. The van der Waals surface area contributed by atoms with Crippen LogP contribution in [-0.4, -0.2) is 65.5 Å². The molecule has 1 rings (SSSR count). The second kappa shape index (κ2) is 8.49. The Kier molecular flexibility index (Phi) is 6.98. The molecule has 3 amide bonds. The van der Waals surface area contributed by atoms with Gasteiger partial charge >= 0.3 is 12.0 Å². The van der Waals surface area contributed by atoms with Crippen molar-refractivity contribution >= 4 is 17.9 Å². The van der Waals surface area contributed by atoms with Crippen LogP contribution in [0.3, 0.4) is 0 Å². The Morgan fingerprint density at radius 1 is 1.29 bits per heavy atom. The van der Waals surface area contributed by atoms with Crippen LogP contribution in [0.25, 0.3) is 0 Å². The molecule has 0 aliphatic carbocycles. The van der Waals surface area contributed by atoms with Crippen LogP contribution in [0.15, 0.2) is 0 Å². The number of carboxylic acid groups (broad SMARTS) is 1. The minimum Gasteiger partial charge on any atom is -0.481 e. The smallest absolute Gasteiger partial charge is 0.317 e. The molecule has 1 atom stereocenters. The lowest BCUT2D eigenvalue weighted by atomic mass is 9.99. The summed E-state index contributed by atoms with van der Waals surface area (Å²) in [5, 5.41) is 11.7. The van der Waals surface area contributed by atoms with Gasteiger partial charge < -0.3 is 20.2 Å². The van der Waals surface area contributed by atoms with Gasteiger partial charge in [0.2, 0.25) is 5.91 Å². The highest BCUT2D eigenvalue weighted by Crippen LogP contribution is 2.16. The predicted molar refractivity (Wildman–Crippen MR) is 77.9 cm³/mol. The topological polar surface area (TPSA) is 90.0 Å². The highest BCUT2D eigenvalue weighted by molar-refractivity contribution is 5.79. The predicted octanol–water partition coefficient (Wildman–Crippen LogP) is 0.751. The molecule has 1 fully saturated rings. The molecule has 0 radical (unpaired) electrons. The summed E-state index contributed by atoms with van der Waals surface area (Å²) >= 11 is 0. The largest absolute Gasteiger partial charge is 0.481 e. The molecule has 120 valence electrons. The number of carbonyl (C=O) groups is 3. The van der Waals surface area contributed by atoms with Gasteiger partial charge in [0, 0.05) is 39.1 Å². The average Bonchev–Trinajstić information content (AvgIpc) is 2.48. The third kappa shape index (κ3) is 5.24. The van der Waals surface area contributed by atoms with E-state index in [1.165, 1.54) is 4.90 Å². The van der Waals surface area contributed by atoms with Gasteiger partial charge in [0.15, 0.2) is 0 Å². The number of aliphatic carboxylic acids is 1. The van der Waals surface area contributed by atoms with Crippen LogP contribution in [0.2, 0.25) is 0 Å². The molecule has 1 aliphatic rings. The molecule has 21 heavy (non-hydrogen) atoms. The first kappa shape index (κ1) is 17.3. The maximum absolute atomic E-state index is 12.0. The van der Waals surface area contributed by atoms with E-state index in [1.54, 1.807) is 4.90 Å². The van der Waals surface area contributed by atoms with Gasteiger partial charge in [0.05, 0.1) is 5.92 Å². The lowest BCUT2D eigenvalue weighted by Gasteiger charge is -2.30. The molecule has 1 saturated heterocycles. The van der Waals surface area contributed by atoms with Gasteiger partial charge in [-0.05, 0) is 26.7 Å². The van der Waals surface area contributed by atoms with Crippen molar-refractivity contribution in [2.75, 3.05) is 32.7 Å². The monoisotopic (exact) mass is 299 g/mol. The molecule has 0 spiro atoms. The van der Waals surface area contributed by atoms with E-state index < -0.39 is 11.9 Å². The lowest BCUT2D eigenvalue weighted by Crippen LogP contribution is -2.47. The Hall–Kier alpha value is -1.79. The number of carbonyl (C=O) groups excluding carboxylic acids is 2. The van der Waals surface area contributed by atoms with Crippen LogP contribution < -0.4 is 5.32 Å². The van der Waals surface area contributed by atoms with Crippen LogP contribution in [-0.2, 0) is 9.59 Å². The van der Waals surface area contributed by atoms with Gasteiger partial charge in [0.25, 0.3) is 0 Å². The fraction of sp³-hybridized carbons (Fsp3) is 0.786. The van der Waals surface area contributed by atoms with Crippen molar-refractivity contribution in [3.8, 4) is 0 Å². The van der Waals surface area contributed by atoms with Crippen molar-refractivity contribution in [1.29, 1.82) is 0 Å². The molecule has 2 N–H and O–H groups in total. The number of urea groups is 1. The van der Waals surface area contributed by atoms with Crippen LogP contribution in [0.4, 0.5) is 4.79 Å². The van der Waals surface area contributed by atoms with Crippen molar-refractivity contribution in [3.05, 3.63) is 0 Å². The quantitative estimate of drug-likeness (QED) is 0.757. The molecule has 0 aromatic carbocycles. The van der Waals surface area contributed by atoms with Crippen LogP contribution in [0, 0.1) is 5.92 Å². The molecule has 1 heterocycles. The molecule has 7 heteroatoms. The Balaban J connectivity index is 2.33. The summed E-state index contributed by atoms with van der Waals surface area (Å²) in [4.78, 5) is 37.9. The van der Waals surface area contributed by atoms with Gasteiger partial charge in [-0.2, -0.15) is 0 Å². The number of nitrogens with zero attached hydrogens (tertiary/aromatic N) is 2. The Morgan fingerprint density at radius 3 is 2.52 bits per heavy atom. The molecule has 0 saturated carbocycles. The lowest BCUT2D eigenvalue weighted by molar-refractivity contribution is -0.143. The number of likely N-dealkylation sites (tertiary alicyclic amines) is 1. The van der Waals surface area contributed by atoms with E-state index in [4.69, 9.17) is 5.11 Å². The molecule has 1 aliphatic heterocycles. The average molecular weight is 299 g/mol. The first-order chi connectivity index (χ1) is 9.99. The second-order valence-corrected chi connectivity index (χ2v) is 5.17. The van der Waals surface area contributed by atoms with Gasteiger partial charge in [-0.3, -0.25) is 9.59 Å². The SMILES string of the molecule is CCN(CC)C(=O)CCNC(=O)N1CCC[C@H](C(=O)O)C1. The van der Waals surface area contributed by atoms with E-state index in [-0.39, 0.29) is 31.4 Å². The first-order valence-corrected chi connectivity index (χ1v) is 7.52. The van der Waals surface area contributed by atoms with Gasteiger partial charge in [-0.25, -0.2) is 4.79 Å². The molecule has 0 unspecified atom stereocenters. The number of hydrogen-bond acceptors (Lipinski definition) is 3. The maximum atomic E-state index is 12.0. The normalized spacial score (nSPS) is 18.2. The number of hydrogen-bond donors (Lipinski definition) is 2. The molecule has 0 bridgehead atoms. The van der Waals surface area contributed by atoms with Crippen LogP contribution in [0.1, 0.15) is 33.1 Å². The molecule has 0 aromatic heterocycles. The number of nitrogens with one attached hydrogen (secondary N) is 1. The molecular formula is C14H25N3O4. The summed E-state index contributed by atoms with van der Waals surface area (Å²) in [5.41, 5.74) is 0. The van der Waals surface area contributed by atoms with E-state index in [1.807, 2.05) is 13.8 Å². The van der Waals surface area contributed by atoms with E-state index >= 15 is 0 Å². The Morgan fingerprint density at radius 2 is 1.95 bits per heavy atom. The minimum absolute atomic E-state index is 0.0161. The Bertz CT molecular complexity index is 382. The number of carboxylic acids is 1. The van der Waals surface area contributed by atoms with E-state index in [9.17, 15) is 14.4 Å². The first-order valence-electron chi connectivity index (χ1n) is 7.52.